The number of aliphatic carboxylic acids is 1. The minimum absolute atomic E-state index is 0.0799. The normalized spacial score (nSPS) is 16.6. The van der Waals surface area contributed by atoms with Gasteiger partial charge in [0.2, 0.25) is 0 Å². The highest BCUT2D eigenvalue weighted by molar-refractivity contribution is 6.03. The summed E-state index contributed by atoms with van der Waals surface area (Å²) in [6.07, 6.45) is 8.14. The van der Waals surface area contributed by atoms with Gasteiger partial charge in [0.25, 0.3) is 11.5 Å². The standard InChI is InChI=1S/C17H18N4O5/c1-21-15-12(10(7-19-20-15)9-5-3-2-4-6-9)14(24)13(17(21)26)16(25)18-8-11(22)23/h2-3,7,9,24H,4-6,8H2,1H3,(H,18,25)(H,22,23). The van der Waals surface area contributed by atoms with Gasteiger partial charge < -0.3 is 15.5 Å². The van der Waals surface area contributed by atoms with Gasteiger partial charge in [-0.15, -0.1) is 5.10 Å². The van der Waals surface area contributed by atoms with Crippen LogP contribution < -0.4 is 10.9 Å². The lowest BCUT2D eigenvalue weighted by molar-refractivity contribution is -0.135. The Kier molecular flexibility index (Phi) is 4.70. The molecule has 0 saturated carbocycles. The van der Waals surface area contributed by atoms with Crippen LogP contribution in [0.2, 0.25) is 0 Å². The average Bonchev–Trinajstić information content (AvgIpc) is 2.64. The van der Waals surface area contributed by atoms with Crippen LogP contribution in [0.5, 0.6) is 5.75 Å². The van der Waals surface area contributed by atoms with Crippen molar-refractivity contribution in [1.82, 2.24) is 20.1 Å². The number of fused-ring (bicyclic) bond motifs is 1. The van der Waals surface area contributed by atoms with Gasteiger partial charge >= 0.3 is 5.97 Å². The highest BCUT2D eigenvalue weighted by Crippen LogP contribution is 2.36. The van der Waals surface area contributed by atoms with E-state index in [4.69, 9.17) is 5.11 Å². The fraction of sp³-hybridized carbons (Fsp3) is 0.353. The number of carboxylic acid groups (broad SMARTS) is 1. The topological polar surface area (TPSA) is 134 Å². The Balaban J connectivity index is 2.21. The molecule has 0 fully saturated rings. The van der Waals surface area contributed by atoms with Gasteiger partial charge in [0.05, 0.1) is 11.6 Å². The zero-order valence-electron chi connectivity index (χ0n) is 14.1. The Bertz CT molecular complexity index is 979. The van der Waals surface area contributed by atoms with Crippen molar-refractivity contribution in [1.29, 1.82) is 0 Å². The van der Waals surface area contributed by atoms with E-state index >= 15 is 0 Å². The zero-order chi connectivity index (χ0) is 18.8. The van der Waals surface area contributed by atoms with E-state index < -0.39 is 35.3 Å². The summed E-state index contributed by atoms with van der Waals surface area (Å²) in [6.45, 7) is -0.658. The van der Waals surface area contributed by atoms with Gasteiger partial charge in [0.15, 0.2) is 5.65 Å². The molecule has 0 bridgehead atoms. The summed E-state index contributed by atoms with van der Waals surface area (Å²) >= 11 is 0. The Morgan fingerprint density at radius 3 is 2.81 bits per heavy atom. The number of hydrogen-bond donors (Lipinski definition) is 3. The van der Waals surface area contributed by atoms with Crippen LogP contribution in [0.15, 0.2) is 23.1 Å². The van der Waals surface area contributed by atoms with E-state index in [1.807, 2.05) is 6.08 Å². The van der Waals surface area contributed by atoms with Crippen molar-refractivity contribution in [3.8, 4) is 5.75 Å². The minimum Gasteiger partial charge on any atom is -0.506 e. The van der Waals surface area contributed by atoms with E-state index in [0.717, 1.165) is 23.8 Å². The number of carbonyl (C=O) groups excluding carboxylic acids is 1. The Morgan fingerprint density at radius 2 is 2.15 bits per heavy atom. The van der Waals surface area contributed by atoms with Crippen molar-refractivity contribution in [3.05, 3.63) is 39.8 Å². The number of aromatic hydroxyl groups is 1. The van der Waals surface area contributed by atoms with E-state index in [0.29, 0.717) is 10.9 Å². The number of pyridine rings is 1. The maximum atomic E-state index is 12.5. The van der Waals surface area contributed by atoms with Crippen LogP contribution >= 0.6 is 0 Å². The fourth-order valence-electron chi connectivity index (χ4n) is 3.19. The smallest absolute Gasteiger partial charge is 0.322 e. The molecular formula is C17H18N4O5. The Hall–Kier alpha value is -3.23. The summed E-state index contributed by atoms with van der Waals surface area (Å²) < 4.78 is 1.14. The molecule has 1 aliphatic rings. The molecule has 0 radical (unpaired) electrons. The molecule has 0 aromatic carbocycles. The van der Waals surface area contributed by atoms with Gasteiger partial charge in [-0.3, -0.25) is 19.0 Å². The van der Waals surface area contributed by atoms with E-state index in [9.17, 15) is 19.5 Å². The van der Waals surface area contributed by atoms with Crippen molar-refractivity contribution < 1.29 is 19.8 Å². The lowest BCUT2D eigenvalue weighted by Crippen LogP contribution is -2.35. The minimum atomic E-state index is -1.25. The van der Waals surface area contributed by atoms with Crippen LogP contribution in [0.3, 0.4) is 0 Å². The summed E-state index contributed by atoms with van der Waals surface area (Å²) in [5.74, 6) is -2.61. The molecule has 2 aromatic rings. The summed E-state index contributed by atoms with van der Waals surface area (Å²) in [6, 6.07) is 0. The van der Waals surface area contributed by atoms with Crippen LogP contribution in [0.1, 0.15) is 41.1 Å². The van der Waals surface area contributed by atoms with E-state index in [1.54, 1.807) is 0 Å². The first-order valence-corrected chi connectivity index (χ1v) is 8.14. The number of nitrogens with zero attached hydrogens (tertiary/aromatic N) is 3. The fourth-order valence-corrected chi connectivity index (χ4v) is 3.19. The van der Waals surface area contributed by atoms with Crippen LogP contribution in [-0.4, -0.2) is 43.4 Å². The van der Waals surface area contributed by atoms with Crippen molar-refractivity contribution >= 4 is 22.9 Å². The predicted octanol–water partition coefficient (Wildman–Crippen LogP) is 0.672. The number of nitrogens with one attached hydrogen (secondary N) is 1. The second-order valence-electron chi connectivity index (χ2n) is 6.14. The van der Waals surface area contributed by atoms with Gasteiger partial charge in [-0.2, -0.15) is 5.10 Å². The molecule has 9 nitrogen and oxygen atoms in total. The summed E-state index contributed by atoms with van der Waals surface area (Å²) in [4.78, 5) is 35.4. The molecule has 9 heteroatoms. The SMILES string of the molecule is Cn1c(=O)c(C(=O)NCC(=O)O)c(O)c2c(C3CC=CCC3)cnnc21. The van der Waals surface area contributed by atoms with Crippen LogP contribution in [0.25, 0.3) is 11.0 Å². The first-order valence-electron chi connectivity index (χ1n) is 8.14. The molecule has 1 aliphatic carbocycles. The third-order valence-corrected chi connectivity index (χ3v) is 4.51. The van der Waals surface area contributed by atoms with Crippen LogP contribution in [0.4, 0.5) is 0 Å². The van der Waals surface area contributed by atoms with Gasteiger partial charge in [-0.25, -0.2) is 0 Å². The molecule has 0 aliphatic heterocycles. The van der Waals surface area contributed by atoms with E-state index in [1.165, 1.54) is 13.2 Å². The number of aromatic nitrogens is 3. The molecule has 2 heterocycles. The number of carboxylic acids is 1. The van der Waals surface area contributed by atoms with Crippen molar-refractivity contribution in [2.75, 3.05) is 6.54 Å². The second-order valence-corrected chi connectivity index (χ2v) is 6.14. The summed E-state index contributed by atoms with van der Waals surface area (Å²) in [7, 11) is 1.43. The second kappa shape index (κ2) is 6.95. The molecule has 26 heavy (non-hydrogen) atoms. The number of carbonyl (C=O) groups is 2. The maximum absolute atomic E-state index is 12.5. The lowest BCUT2D eigenvalue weighted by atomic mass is 9.86. The van der Waals surface area contributed by atoms with Crippen LogP contribution in [0, 0.1) is 0 Å². The third-order valence-electron chi connectivity index (χ3n) is 4.51. The molecule has 3 N–H and O–H groups in total. The first-order chi connectivity index (χ1) is 12.4. The van der Waals surface area contributed by atoms with Crippen molar-refractivity contribution in [2.24, 2.45) is 7.05 Å². The molecule has 1 amide bonds. The molecular weight excluding hydrogens is 340 g/mol. The van der Waals surface area contributed by atoms with Gasteiger partial charge in [0.1, 0.15) is 17.9 Å². The molecule has 1 unspecified atom stereocenters. The molecule has 1 atom stereocenters. The zero-order valence-corrected chi connectivity index (χ0v) is 14.1. The largest absolute Gasteiger partial charge is 0.506 e. The molecule has 0 spiro atoms. The van der Waals surface area contributed by atoms with Gasteiger partial charge in [0, 0.05) is 7.05 Å². The average molecular weight is 358 g/mol. The Morgan fingerprint density at radius 1 is 1.38 bits per heavy atom. The molecule has 2 aromatic heterocycles. The highest BCUT2D eigenvalue weighted by Gasteiger charge is 2.26. The number of aryl methyl sites for hydroxylation is 1. The van der Waals surface area contributed by atoms with Crippen molar-refractivity contribution in [2.45, 2.75) is 25.2 Å². The molecule has 3 rings (SSSR count). The van der Waals surface area contributed by atoms with Gasteiger partial charge in [-0.1, -0.05) is 12.2 Å². The first kappa shape index (κ1) is 17.6. The highest BCUT2D eigenvalue weighted by atomic mass is 16.4. The molecule has 0 saturated heterocycles. The number of rotatable bonds is 4. The van der Waals surface area contributed by atoms with E-state index in [-0.39, 0.29) is 11.6 Å². The summed E-state index contributed by atoms with van der Waals surface area (Å²) in [5, 5.41) is 29.7. The Labute approximate surface area is 148 Å². The lowest BCUT2D eigenvalue weighted by Gasteiger charge is -2.20. The monoisotopic (exact) mass is 358 g/mol. The number of amides is 1. The number of allylic oxidation sites excluding steroid dienone is 2. The van der Waals surface area contributed by atoms with Crippen LogP contribution in [-0.2, 0) is 11.8 Å². The quantitative estimate of drug-likeness (QED) is 0.684. The number of hydrogen-bond acceptors (Lipinski definition) is 6. The van der Waals surface area contributed by atoms with Gasteiger partial charge in [-0.05, 0) is 30.7 Å². The summed E-state index contributed by atoms with van der Waals surface area (Å²) in [5.41, 5.74) is -0.385. The maximum Gasteiger partial charge on any atom is 0.322 e. The molecule has 136 valence electrons. The van der Waals surface area contributed by atoms with Crippen molar-refractivity contribution in [3.63, 3.8) is 0 Å². The predicted molar refractivity (Wildman–Crippen MR) is 92.1 cm³/mol. The van der Waals surface area contributed by atoms with E-state index in [2.05, 4.69) is 21.6 Å². The third kappa shape index (κ3) is 3.03.